The first-order valence-corrected chi connectivity index (χ1v) is 12.7. The molecule has 0 bridgehead atoms. The second kappa shape index (κ2) is 10.7. The van der Waals surface area contributed by atoms with Crippen molar-refractivity contribution < 1.29 is 32.4 Å². The van der Waals surface area contributed by atoms with Crippen molar-refractivity contribution >= 4 is 66.5 Å². The first kappa shape index (κ1) is 26.9. The van der Waals surface area contributed by atoms with Gasteiger partial charge < -0.3 is 4.74 Å². The van der Waals surface area contributed by atoms with Crippen molar-refractivity contribution in [2.45, 2.75) is 12.7 Å². The Bertz CT molecular complexity index is 1460. The lowest BCUT2D eigenvalue weighted by Crippen LogP contribution is -2.27. The van der Waals surface area contributed by atoms with Gasteiger partial charge in [0.1, 0.15) is 5.75 Å². The number of benzene rings is 3. The molecule has 13 heteroatoms. The Morgan fingerprint density at radius 3 is 2.35 bits per heavy atom. The normalized spacial score (nSPS) is 14.9. The fourth-order valence-electron chi connectivity index (χ4n) is 3.32. The number of hydrogen-bond acceptors (Lipinski definition) is 6. The van der Waals surface area contributed by atoms with E-state index in [1.54, 1.807) is 18.2 Å². The molecule has 0 spiro atoms. The number of carbonyl (C=O) groups excluding carboxylic acids is 2. The van der Waals surface area contributed by atoms with Crippen LogP contribution in [0.25, 0.3) is 6.08 Å². The summed E-state index contributed by atoms with van der Waals surface area (Å²) in [4.78, 5) is 37.0. The summed E-state index contributed by atoms with van der Waals surface area (Å²) in [5.41, 5.74) is -0.723. The van der Waals surface area contributed by atoms with Gasteiger partial charge in [0.25, 0.3) is 11.1 Å². The van der Waals surface area contributed by atoms with Crippen LogP contribution >= 0.6 is 43.6 Å². The predicted octanol–water partition coefficient (Wildman–Crippen LogP) is 8.17. The summed E-state index contributed by atoms with van der Waals surface area (Å²) in [5.74, 6) is -0.732. The molecule has 0 N–H and O–H groups in total. The fraction of sp³-hybridized carbons (Fsp3) is 0.0833. The highest BCUT2D eigenvalue weighted by atomic mass is 79.9. The third kappa shape index (κ3) is 6.05. The molecule has 3 aromatic rings. The third-order valence-electron chi connectivity index (χ3n) is 5.12. The number of imide groups is 1. The zero-order chi connectivity index (χ0) is 26.9. The number of thioether (sulfide) groups is 1. The monoisotopic (exact) mass is 656 g/mol. The van der Waals surface area contributed by atoms with Crippen molar-refractivity contribution in [1.29, 1.82) is 0 Å². The average Bonchev–Trinajstić information content (AvgIpc) is 3.08. The summed E-state index contributed by atoms with van der Waals surface area (Å²) in [7, 11) is 0. The first-order chi connectivity index (χ1) is 17.4. The van der Waals surface area contributed by atoms with E-state index >= 15 is 0 Å². The van der Waals surface area contributed by atoms with E-state index in [0.29, 0.717) is 22.2 Å². The van der Waals surface area contributed by atoms with Gasteiger partial charge in [-0.1, -0.05) is 40.2 Å². The molecule has 1 fully saturated rings. The minimum Gasteiger partial charge on any atom is -0.449 e. The van der Waals surface area contributed by atoms with Gasteiger partial charge in [-0.15, -0.1) is 0 Å². The smallest absolute Gasteiger partial charge is 0.416 e. The van der Waals surface area contributed by atoms with E-state index in [1.807, 2.05) is 12.1 Å². The second-order valence-corrected chi connectivity index (χ2v) is 10.3. The Balaban J connectivity index is 1.55. The number of nitro benzene ring substituents is 1. The van der Waals surface area contributed by atoms with Crippen molar-refractivity contribution in [1.82, 2.24) is 4.90 Å². The predicted molar refractivity (Wildman–Crippen MR) is 138 cm³/mol. The van der Waals surface area contributed by atoms with E-state index in [1.165, 1.54) is 18.2 Å². The van der Waals surface area contributed by atoms with E-state index in [2.05, 4.69) is 31.9 Å². The molecule has 3 aromatic carbocycles. The van der Waals surface area contributed by atoms with Crippen LogP contribution in [-0.4, -0.2) is 21.0 Å². The van der Waals surface area contributed by atoms with Crippen LogP contribution in [0.15, 0.2) is 74.5 Å². The van der Waals surface area contributed by atoms with Gasteiger partial charge in [0.2, 0.25) is 5.75 Å². The lowest BCUT2D eigenvalue weighted by molar-refractivity contribution is -0.385. The lowest BCUT2D eigenvalue weighted by Gasteiger charge is -2.13. The van der Waals surface area contributed by atoms with Crippen molar-refractivity contribution in [3.05, 3.63) is 101 Å². The Morgan fingerprint density at radius 1 is 1.00 bits per heavy atom. The molecule has 0 aliphatic carbocycles. The number of ether oxygens (including phenoxy) is 1. The van der Waals surface area contributed by atoms with Gasteiger partial charge in [-0.3, -0.25) is 24.6 Å². The second-order valence-electron chi connectivity index (χ2n) is 7.59. The van der Waals surface area contributed by atoms with Gasteiger partial charge in [-0.25, -0.2) is 0 Å². The number of nitro groups is 1. The highest BCUT2D eigenvalue weighted by molar-refractivity contribution is 9.10. The number of hydrogen-bond donors (Lipinski definition) is 0. The zero-order valence-electron chi connectivity index (χ0n) is 18.3. The van der Waals surface area contributed by atoms with Crippen LogP contribution in [0.4, 0.5) is 23.7 Å². The standard InChI is InChI=1S/C24H13Br2F3N2O5S/c25-16-4-2-1-3-14(16)12-30-22(32)21(37-23(30)33)10-13-5-7-19(17(26)9-13)36-20-8-6-15(24(27,28)29)11-18(20)31(34)35/h1-11H,12H2/b21-10-. The molecule has 0 aromatic heterocycles. The molecule has 0 radical (unpaired) electrons. The highest BCUT2D eigenvalue weighted by Gasteiger charge is 2.36. The molecule has 1 saturated heterocycles. The maximum atomic E-state index is 12.9. The molecule has 0 atom stereocenters. The van der Waals surface area contributed by atoms with E-state index < -0.39 is 33.5 Å². The zero-order valence-corrected chi connectivity index (χ0v) is 22.3. The average molecular weight is 658 g/mol. The Morgan fingerprint density at radius 2 is 1.70 bits per heavy atom. The number of nitrogens with zero attached hydrogens (tertiary/aromatic N) is 2. The van der Waals surface area contributed by atoms with E-state index in [-0.39, 0.29) is 22.9 Å². The molecular weight excluding hydrogens is 645 g/mol. The van der Waals surface area contributed by atoms with Gasteiger partial charge in [0.15, 0.2) is 0 Å². The molecule has 2 amide bonds. The third-order valence-corrected chi connectivity index (χ3v) is 7.42. The van der Waals surface area contributed by atoms with Gasteiger partial charge in [0, 0.05) is 10.5 Å². The van der Waals surface area contributed by atoms with Gasteiger partial charge in [-0.05, 0) is 75.2 Å². The number of carbonyl (C=O) groups is 2. The number of halogens is 5. The minimum absolute atomic E-state index is 0.0991. The van der Waals surface area contributed by atoms with Crippen LogP contribution in [0.1, 0.15) is 16.7 Å². The largest absolute Gasteiger partial charge is 0.449 e. The van der Waals surface area contributed by atoms with Gasteiger partial charge >= 0.3 is 11.9 Å². The molecule has 0 saturated carbocycles. The highest BCUT2D eigenvalue weighted by Crippen LogP contribution is 2.40. The van der Waals surface area contributed by atoms with Crippen molar-refractivity contribution in [3.8, 4) is 11.5 Å². The van der Waals surface area contributed by atoms with Crippen LogP contribution < -0.4 is 4.74 Å². The number of alkyl halides is 3. The molecule has 7 nitrogen and oxygen atoms in total. The summed E-state index contributed by atoms with van der Waals surface area (Å²) in [6.07, 6.45) is -3.23. The quantitative estimate of drug-likeness (QED) is 0.151. The van der Waals surface area contributed by atoms with Crippen LogP contribution in [-0.2, 0) is 17.5 Å². The van der Waals surface area contributed by atoms with Gasteiger partial charge in [0.05, 0.1) is 26.4 Å². The first-order valence-electron chi connectivity index (χ1n) is 10.3. The SMILES string of the molecule is O=C1S/C(=C\c2ccc(Oc3ccc(C(F)(F)F)cc3[N+](=O)[O-])c(Br)c2)C(=O)N1Cc1ccccc1Br. The Hall–Kier alpha value is -3.16. The maximum absolute atomic E-state index is 12.9. The number of rotatable bonds is 6. The van der Waals surface area contributed by atoms with Crippen molar-refractivity contribution in [2.75, 3.05) is 0 Å². The lowest BCUT2D eigenvalue weighted by atomic mass is 10.1. The number of amides is 2. The fourth-order valence-corrected chi connectivity index (χ4v) is 5.04. The van der Waals surface area contributed by atoms with E-state index in [4.69, 9.17) is 4.74 Å². The van der Waals surface area contributed by atoms with Crippen LogP contribution in [0.2, 0.25) is 0 Å². The molecule has 1 aliphatic heterocycles. The van der Waals surface area contributed by atoms with E-state index in [0.717, 1.165) is 32.8 Å². The topological polar surface area (TPSA) is 89.7 Å². The molecule has 1 aliphatic rings. The van der Waals surface area contributed by atoms with Crippen molar-refractivity contribution in [2.24, 2.45) is 0 Å². The molecule has 1 heterocycles. The molecule has 0 unspecified atom stereocenters. The summed E-state index contributed by atoms with van der Waals surface area (Å²) in [5, 5.41) is 10.9. The van der Waals surface area contributed by atoms with Crippen LogP contribution in [0.3, 0.4) is 0 Å². The Kier molecular flexibility index (Phi) is 7.76. The van der Waals surface area contributed by atoms with Crippen molar-refractivity contribution in [3.63, 3.8) is 0 Å². The summed E-state index contributed by atoms with van der Waals surface area (Å²) >= 11 is 7.47. The van der Waals surface area contributed by atoms with Crippen LogP contribution in [0, 0.1) is 10.1 Å². The minimum atomic E-state index is -4.75. The molecule has 37 heavy (non-hydrogen) atoms. The van der Waals surface area contributed by atoms with Crippen LogP contribution in [0.5, 0.6) is 11.5 Å². The summed E-state index contributed by atoms with van der Waals surface area (Å²) < 4.78 is 45.4. The van der Waals surface area contributed by atoms with Gasteiger partial charge in [-0.2, -0.15) is 13.2 Å². The summed E-state index contributed by atoms with van der Waals surface area (Å²) in [6, 6.07) is 13.7. The summed E-state index contributed by atoms with van der Waals surface area (Å²) in [6.45, 7) is 0.103. The molecule has 190 valence electrons. The van der Waals surface area contributed by atoms with E-state index in [9.17, 15) is 32.9 Å². The molecule has 4 rings (SSSR count). The maximum Gasteiger partial charge on any atom is 0.416 e. The molecular formula is C24H13Br2F3N2O5S. The Labute approximate surface area is 228 Å².